The van der Waals surface area contributed by atoms with Crippen LogP contribution in [-0.4, -0.2) is 16.5 Å². The Balaban J connectivity index is 1.95. The molecule has 2 heteroatoms. The quantitative estimate of drug-likeness (QED) is 0.819. The van der Waals surface area contributed by atoms with Crippen molar-refractivity contribution < 1.29 is 9.90 Å². The van der Waals surface area contributed by atoms with Crippen LogP contribution >= 0.6 is 0 Å². The van der Waals surface area contributed by atoms with Crippen molar-refractivity contribution in [3.8, 4) is 0 Å². The van der Waals surface area contributed by atoms with E-state index in [2.05, 4.69) is 13.8 Å². The molecule has 2 saturated carbocycles. The highest BCUT2D eigenvalue weighted by Crippen LogP contribution is 2.40. The summed E-state index contributed by atoms with van der Waals surface area (Å²) in [5.41, 5.74) is -0.515. The fourth-order valence-corrected chi connectivity index (χ4v) is 3.65. The van der Waals surface area contributed by atoms with Crippen molar-refractivity contribution in [2.24, 2.45) is 17.8 Å². The summed E-state index contributed by atoms with van der Waals surface area (Å²) >= 11 is 0. The smallest absolute Gasteiger partial charge is 0.136 e. The molecule has 2 aliphatic rings. The molecule has 1 N–H and O–H groups in total. The number of hydrogen-bond donors (Lipinski definition) is 1. The fraction of sp³-hybridized carbons (Fsp3) is 0.933. The normalized spacial score (nSPS) is 33.3. The van der Waals surface area contributed by atoms with Gasteiger partial charge >= 0.3 is 0 Å². The second kappa shape index (κ2) is 5.09. The van der Waals surface area contributed by atoms with Gasteiger partial charge in [0.15, 0.2) is 0 Å². The van der Waals surface area contributed by atoms with Crippen LogP contribution in [0.25, 0.3) is 0 Å². The van der Waals surface area contributed by atoms with E-state index in [1.807, 2.05) is 0 Å². The zero-order valence-electron chi connectivity index (χ0n) is 11.2. The van der Waals surface area contributed by atoms with Crippen LogP contribution in [0.15, 0.2) is 0 Å². The van der Waals surface area contributed by atoms with E-state index in [1.54, 1.807) is 0 Å². The number of rotatable bonds is 3. The van der Waals surface area contributed by atoms with Gasteiger partial charge in [0, 0.05) is 12.3 Å². The van der Waals surface area contributed by atoms with Crippen molar-refractivity contribution in [1.29, 1.82) is 0 Å². The number of Topliss-reactive ketones (excluding diaryl/α,β-unsaturated/α-hetero) is 1. The van der Waals surface area contributed by atoms with Crippen LogP contribution in [0.2, 0.25) is 0 Å². The van der Waals surface area contributed by atoms with Crippen molar-refractivity contribution in [2.45, 2.75) is 70.8 Å². The van der Waals surface area contributed by atoms with Crippen LogP contribution in [0, 0.1) is 17.8 Å². The van der Waals surface area contributed by atoms with Gasteiger partial charge < -0.3 is 5.11 Å². The van der Waals surface area contributed by atoms with E-state index in [-0.39, 0.29) is 5.92 Å². The molecule has 0 aliphatic heterocycles. The number of aliphatic hydroxyl groups is 1. The van der Waals surface area contributed by atoms with Crippen LogP contribution in [0.5, 0.6) is 0 Å². The Morgan fingerprint density at radius 1 is 1.35 bits per heavy atom. The molecule has 2 fully saturated rings. The van der Waals surface area contributed by atoms with Gasteiger partial charge in [-0.25, -0.2) is 0 Å². The minimum absolute atomic E-state index is 0.138. The van der Waals surface area contributed by atoms with Crippen LogP contribution in [0.3, 0.4) is 0 Å². The predicted octanol–water partition coefficient (Wildman–Crippen LogP) is 3.32. The third-order valence-corrected chi connectivity index (χ3v) is 4.91. The molecule has 2 atom stereocenters. The molecule has 2 aliphatic carbocycles. The van der Waals surface area contributed by atoms with Crippen molar-refractivity contribution in [1.82, 2.24) is 0 Å². The van der Waals surface area contributed by atoms with Crippen molar-refractivity contribution in [2.75, 3.05) is 0 Å². The van der Waals surface area contributed by atoms with Gasteiger partial charge in [-0.05, 0) is 43.9 Å². The maximum atomic E-state index is 12.0. The molecule has 0 saturated heterocycles. The first-order valence-corrected chi connectivity index (χ1v) is 7.25. The summed E-state index contributed by atoms with van der Waals surface area (Å²) in [5, 5.41) is 10.4. The van der Waals surface area contributed by atoms with Crippen LogP contribution in [0.1, 0.15) is 65.2 Å². The second-order valence-corrected chi connectivity index (χ2v) is 6.58. The second-order valence-electron chi connectivity index (χ2n) is 6.58. The predicted molar refractivity (Wildman–Crippen MR) is 68.7 cm³/mol. The number of carbonyl (C=O) groups is 1. The highest BCUT2D eigenvalue weighted by atomic mass is 16.3. The van der Waals surface area contributed by atoms with E-state index in [1.165, 1.54) is 0 Å². The Kier molecular flexibility index (Phi) is 3.92. The summed E-state index contributed by atoms with van der Waals surface area (Å²) < 4.78 is 0. The molecule has 0 spiro atoms. The van der Waals surface area contributed by atoms with E-state index in [9.17, 15) is 9.90 Å². The topological polar surface area (TPSA) is 37.3 Å². The molecule has 2 unspecified atom stereocenters. The molecule has 0 aromatic carbocycles. The lowest BCUT2D eigenvalue weighted by Crippen LogP contribution is -2.35. The lowest BCUT2D eigenvalue weighted by Gasteiger charge is -2.34. The molecule has 0 aromatic heterocycles. The Labute approximate surface area is 105 Å². The number of carbonyl (C=O) groups excluding carboxylic acids is 1. The van der Waals surface area contributed by atoms with Crippen LogP contribution in [-0.2, 0) is 4.79 Å². The van der Waals surface area contributed by atoms with E-state index in [0.29, 0.717) is 17.6 Å². The Morgan fingerprint density at radius 2 is 2.00 bits per heavy atom. The largest absolute Gasteiger partial charge is 0.390 e. The van der Waals surface area contributed by atoms with Crippen LogP contribution in [0.4, 0.5) is 0 Å². The molecule has 0 amide bonds. The van der Waals surface area contributed by atoms with Gasteiger partial charge in [-0.1, -0.05) is 26.7 Å². The summed E-state index contributed by atoms with van der Waals surface area (Å²) in [6.07, 6.45) is 7.62. The van der Waals surface area contributed by atoms with Gasteiger partial charge in [-0.3, -0.25) is 4.79 Å². The molecule has 17 heavy (non-hydrogen) atoms. The Bertz CT molecular complexity index is 277. The van der Waals surface area contributed by atoms with E-state index >= 15 is 0 Å². The fourth-order valence-electron chi connectivity index (χ4n) is 3.65. The summed E-state index contributed by atoms with van der Waals surface area (Å²) in [5.74, 6) is 1.90. The van der Waals surface area contributed by atoms with Gasteiger partial charge in [0.2, 0.25) is 0 Å². The highest BCUT2D eigenvalue weighted by Gasteiger charge is 2.38. The maximum absolute atomic E-state index is 12.0. The zero-order valence-corrected chi connectivity index (χ0v) is 11.2. The van der Waals surface area contributed by atoms with Gasteiger partial charge in [0.25, 0.3) is 0 Å². The molecule has 2 rings (SSSR count). The molecule has 98 valence electrons. The van der Waals surface area contributed by atoms with Crippen molar-refractivity contribution in [3.63, 3.8) is 0 Å². The highest BCUT2D eigenvalue weighted by molar-refractivity contribution is 5.81. The summed E-state index contributed by atoms with van der Waals surface area (Å²) in [7, 11) is 0. The average Bonchev–Trinajstić information content (AvgIpc) is 2.68. The molecule has 0 bridgehead atoms. The molecule has 2 nitrogen and oxygen atoms in total. The summed E-state index contributed by atoms with van der Waals surface area (Å²) in [6, 6.07) is 0. The minimum atomic E-state index is -0.515. The molecule has 0 radical (unpaired) electrons. The zero-order chi connectivity index (χ0) is 12.5. The first-order chi connectivity index (χ1) is 8.00. The first-order valence-electron chi connectivity index (χ1n) is 7.25. The SMILES string of the molecule is CC(C)C1CCC(=O)C(CC2(O)CCCC2)C1. The van der Waals surface area contributed by atoms with Gasteiger partial charge in [0.05, 0.1) is 5.60 Å². The van der Waals surface area contributed by atoms with E-state index < -0.39 is 5.60 Å². The average molecular weight is 238 g/mol. The monoisotopic (exact) mass is 238 g/mol. The molecule has 0 heterocycles. The number of ketones is 1. The summed E-state index contributed by atoms with van der Waals surface area (Å²) in [6.45, 7) is 4.50. The third kappa shape index (κ3) is 3.09. The van der Waals surface area contributed by atoms with E-state index in [4.69, 9.17) is 0 Å². The molecule has 0 aromatic rings. The molecular formula is C15H26O2. The third-order valence-electron chi connectivity index (χ3n) is 4.91. The Morgan fingerprint density at radius 3 is 2.59 bits per heavy atom. The van der Waals surface area contributed by atoms with E-state index in [0.717, 1.165) is 51.4 Å². The lowest BCUT2D eigenvalue weighted by atomic mass is 9.72. The van der Waals surface area contributed by atoms with Gasteiger partial charge in [0.1, 0.15) is 5.78 Å². The standard InChI is InChI=1S/C15H26O2/c1-11(2)12-5-6-14(16)13(9-12)10-15(17)7-3-4-8-15/h11-13,17H,3-10H2,1-2H3. The Hall–Kier alpha value is -0.370. The lowest BCUT2D eigenvalue weighted by molar-refractivity contribution is -0.128. The van der Waals surface area contributed by atoms with Crippen LogP contribution < -0.4 is 0 Å². The van der Waals surface area contributed by atoms with Gasteiger partial charge in [-0.2, -0.15) is 0 Å². The maximum Gasteiger partial charge on any atom is 0.136 e. The minimum Gasteiger partial charge on any atom is -0.390 e. The van der Waals surface area contributed by atoms with Crippen molar-refractivity contribution in [3.05, 3.63) is 0 Å². The number of hydrogen-bond acceptors (Lipinski definition) is 2. The van der Waals surface area contributed by atoms with Gasteiger partial charge in [-0.15, -0.1) is 0 Å². The van der Waals surface area contributed by atoms with Crippen molar-refractivity contribution >= 4 is 5.78 Å². The summed E-state index contributed by atoms with van der Waals surface area (Å²) in [4.78, 5) is 12.0. The molecular weight excluding hydrogens is 212 g/mol. The first kappa shape index (κ1) is 13.1.